The molecule has 0 bridgehead atoms. The maximum Gasteiger partial charge on any atom is 0.573 e. The van der Waals surface area contributed by atoms with Gasteiger partial charge in [0.1, 0.15) is 17.6 Å². The van der Waals surface area contributed by atoms with Crippen LogP contribution < -0.4 is 15.2 Å². The second kappa shape index (κ2) is 7.67. The van der Waals surface area contributed by atoms with Crippen molar-refractivity contribution in [2.45, 2.75) is 31.3 Å². The molecule has 2 atom stereocenters. The normalized spacial score (nSPS) is 19.3. The Balaban J connectivity index is 1.40. The van der Waals surface area contributed by atoms with Crippen molar-refractivity contribution < 1.29 is 31.8 Å². The SMILES string of the molecule is Cn1ncc2c(N)nc3cnc(C(=O)N4CCCC5Oc6c(ccc(OC(F)(F)F)c6F)C54)cc3c21. The number of hydrogen-bond acceptors (Lipinski definition) is 7. The number of amides is 1. The third-order valence-electron chi connectivity index (χ3n) is 6.55. The highest BCUT2D eigenvalue weighted by molar-refractivity contribution is 6.09. The van der Waals surface area contributed by atoms with Crippen molar-refractivity contribution in [2.24, 2.45) is 7.05 Å². The Morgan fingerprint density at radius 3 is 2.83 bits per heavy atom. The van der Waals surface area contributed by atoms with Crippen LogP contribution in [0, 0.1) is 5.82 Å². The molecule has 1 fully saturated rings. The Kier molecular flexibility index (Phi) is 4.75. The number of carbonyl (C=O) groups is 1. The fraction of sp³-hybridized carbons (Fsp3) is 0.304. The first-order valence-corrected chi connectivity index (χ1v) is 11.0. The predicted molar refractivity (Wildman–Crippen MR) is 119 cm³/mol. The number of piperidine rings is 1. The second-order valence-corrected chi connectivity index (χ2v) is 8.70. The molecule has 9 nitrogen and oxygen atoms in total. The molecule has 13 heteroatoms. The Morgan fingerprint density at radius 2 is 2.06 bits per heavy atom. The number of hydrogen-bond donors (Lipinski definition) is 1. The van der Waals surface area contributed by atoms with Crippen molar-refractivity contribution in [1.82, 2.24) is 24.6 Å². The van der Waals surface area contributed by atoms with Gasteiger partial charge in [0, 0.05) is 24.5 Å². The number of rotatable bonds is 2. The number of nitrogens with two attached hydrogens (primary N) is 1. The van der Waals surface area contributed by atoms with Gasteiger partial charge in [0.2, 0.25) is 5.82 Å². The smallest absolute Gasteiger partial charge is 0.484 e. The van der Waals surface area contributed by atoms with Gasteiger partial charge in [0.05, 0.1) is 34.9 Å². The van der Waals surface area contributed by atoms with Gasteiger partial charge in [0.25, 0.3) is 5.91 Å². The van der Waals surface area contributed by atoms with E-state index in [1.165, 1.54) is 17.2 Å². The van der Waals surface area contributed by atoms with E-state index < -0.39 is 36.0 Å². The molecular weight excluding hydrogens is 484 g/mol. The molecule has 0 radical (unpaired) electrons. The standard InChI is InChI=1S/C23H18F4N6O3/c1-32-18-11-7-13(29-9-14(11)31-21(28)12(18)8-30-32)22(34)33-6-2-3-16-19(33)10-4-5-15(36-23(25,26)27)17(24)20(10)35-16/h4-5,7-9,16,19H,2-3,6H2,1H3,(H2,28,31). The van der Waals surface area contributed by atoms with Gasteiger partial charge in [-0.25, -0.2) is 9.97 Å². The van der Waals surface area contributed by atoms with Crippen LogP contribution in [0.4, 0.5) is 23.4 Å². The summed E-state index contributed by atoms with van der Waals surface area (Å²) in [6.45, 7) is 0.339. The number of pyridine rings is 2. The molecule has 1 saturated heterocycles. The van der Waals surface area contributed by atoms with E-state index in [0.717, 1.165) is 6.07 Å². The maximum atomic E-state index is 14.9. The van der Waals surface area contributed by atoms with Gasteiger partial charge >= 0.3 is 6.36 Å². The van der Waals surface area contributed by atoms with Crippen LogP contribution in [0.15, 0.2) is 30.6 Å². The van der Waals surface area contributed by atoms with Crippen LogP contribution in [-0.2, 0) is 7.05 Å². The topological polar surface area (TPSA) is 108 Å². The minimum absolute atomic E-state index is 0.128. The zero-order valence-electron chi connectivity index (χ0n) is 18.7. The number of anilines is 1. The van der Waals surface area contributed by atoms with E-state index in [1.54, 1.807) is 24.0 Å². The first-order chi connectivity index (χ1) is 17.1. The molecule has 2 N–H and O–H groups in total. The van der Waals surface area contributed by atoms with Crippen LogP contribution >= 0.6 is 0 Å². The minimum atomic E-state index is -5.05. The minimum Gasteiger partial charge on any atom is -0.484 e. The maximum absolute atomic E-state index is 14.9. The largest absolute Gasteiger partial charge is 0.573 e. The number of likely N-dealkylation sites (tertiary alicyclic amines) is 1. The second-order valence-electron chi connectivity index (χ2n) is 8.70. The van der Waals surface area contributed by atoms with Crippen LogP contribution in [0.2, 0.25) is 0 Å². The van der Waals surface area contributed by atoms with E-state index in [0.29, 0.717) is 47.0 Å². The first-order valence-electron chi connectivity index (χ1n) is 11.0. The van der Waals surface area contributed by atoms with E-state index in [4.69, 9.17) is 10.5 Å². The van der Waals surface area contributed by atoms with Gasteiger partial charge in [-0.3, -0.25) is 9.48 Å². The number of carbonyl (C=O) groups excluding carboxylic acids is 1. The average molecular weight is 502 g/mol. The number of ether oxygens (including phenoxy) is 2. The molecule has 1 amide bonds. The Morgan fingerprint density at radius 1 is 1.25 bits per heavy atom. The van der Waals surface area contributed by atoms with Gasteiger partial charge in [0.15, 0.2) is 11.5 Å². The highest BCUT2D eigenvalue weighted by Gasteiger charge is 2.46. The van der Waals surface area contributed by atoms with Crippen molar-refractivity contribution >= 4 is 33.5 Å². The third-order valence-corrected chi connectivity index (χ3v) is 6.55. The number of alkyl halides is 3. The molecule has 1 aromatic carbocycles. The summed E-state index contributed by atoms with van der Waals surface area (Å²) in [7, 11) is 1.75. The van der Waals surface area contributed by atoms with Crippen molar-refractivity contribution in [3.8, 4) is 11.5 Å². The van der Waals surface area contributed by atoms with Gasteiger partial charge in [-0.05, 0) is 31.0 Å². The number of halogens is 4. The van der Waals surface area contributed by atoms with Crippen LogP contribution in [0.5, 0.6) is 11.5 Å². The molecule has 2 aliphatic rings. The first kappa shape index (κ1) is 22.3. The fourth-order valence-electron chi connectivity index (χ4n) is 5.07. The third kappa shape index (κ3) is 3.37. The zero-order chi connectivity index (χ0) is 25.4. The Bertz CT molecular complexity index is 1550. The predicted octanol–water partition coefficient (Wildman–Crippen LogP) is 3.87. The van der Waals surface area contributed by atoms with E-state index in [1.807, 2.05) is 0 Å². The van der Waals surface area contributed by atoms with Crippen molar-refractivity contribution in [1.29, 1.82) is 0 Å². The Hall–Kier alpha value is -4.16. The highest BCUT2D eigenvalue weighted by atomic mass is 19.4. The van der Waals surface area contributed by atoms with Crippen LogP contribution in [-0.4, -0.2) is 49.6 Å². The van der Waals surface area contributed by atoms with Crippen LogP contribution in [0.25, 0.3) is 21.8 Å². The Labute approximate surface area is 200 Å². The summed E-state index contributed by atoms with van der Waals surface area (Å²) in [5, 5.41) is 5.50. The molecule has 2 unspecified atom stereocenters. The molecule has 186 valence electrons. The summed E-state index contributed by atoms with van der Waals surface area (Å²) in [5.74, 6) is -2.71. The molecule has 0 saturated carbocycles. The summed E-state index contributed by atoms with van der Waals surface area (Å²) in [5.41, 5.74) is 7.62. The lowest BCUT2D eigenvalue weighted by Gasteiger charge is -2.36. The number of aromatic nitrogens is 4. The van der Waals surface area contributed by atoms with Crippen molar-refractivity contribution in [3.63, 3.8) is 0 Å². The van der Waals surface area contributed by atoms with E-state index in [-0.39, 0.29) is 17.0 Å². The van der Waals surface area contributed by atoms with Crippen LogP contribution in [0.3, 0.4) is 0 Å². The molecule has 4 aromatic rings. The molecule has 5 heterocycles. The monoisotopic (exact) mass is 502 g/mol. The van der Waals surface area contributed by atoms with Gasteiger partial charge in [-0.1, -0.05) is 0 Å². The molecule has 6 rings (SSSR count). The van der Waals surface area contributed by atoms with Gasteiger partial charge in [-0.15, -0.1) is 13.2 Å². The highest BCUT2D eigenvalue weighted by Crippen LogP contribution is 2.48. The number of benzene rings is 1. The van der Waals surface area contributed by atoms with Crippen LogP contribution in [0.1, 0.15) is 34.9 Å². The number of nitrogens with zero attached hydrogens (tertiary/aromatic N) is 5. The summed E-state index contributed by atoms with van der Waals surface area (Å²) in [4.78, 5) is 23.8. The van der Waals surface area contributed by atoms with E-state index in [2.05, 4.69) is 19.8 Å². The van der Waals surface area contributed by atoms with Crippen molar-refractivity contribution in [3.05, 3.63) is 47.7 Å². The lowest BCUT2D eigenvalue weighted by atomic mass is 9.94. The summed E-state index contributed by atoms with van der Waals surface area (Å²) >= 11 is 0. The van der Waals surface area contributed by atoms with Crippen molar-refractivity contribution in [2.75, 3.05) is 12.3 Å². The average Bonchev–Trinajstić information content (AvgIpc) is 3.41. The lowest BCUT2D eigenvalue weighted by molar-refractivity contribution is -0.275. The summed E-state index contributed by atoms with van der Waals surface area (Å²) in [6, 6.07) is 3.12. The number of aryl methyl sites for hydroxylation is 1. The number of fused-ring (bicyclic) bond motifs is 6. The molecule has 3 aromatic heterocycles. The van der Waals surface area contributed by atoms with E-state index >= 15 is 0 Å². The number of nitrogen functional groups attached to an aromatic ring is 1. The molecule has 0 aliphatic carbocycles. The molecule has 36 heavy (non-hydrogen) atoms. The zero-order valence-corrected chi connectivity index (χ0v) is 18.7. The summed E-state index contributed by atoms with van der Waals surface area (Å²) in [6.07, 6.45) is -1.56. The quantitative estimate of drug-likeness (QED) is 0.415. The lowest BCUT2D eigenvalue weighted by Crippen LogP contribution is -2.44. The fourth-order valence-corrected chi connectivity index (χ4v) is 5.07. The van der Waals surface area contributed by atoms with Gasteiger partial charge in [-0.2, -0.15) is 9.49 Å². The molecule has 0 spiro atoms. The van der Waals surface area contributed by atoms with Gasteiger partial charge < -0.3 is 20.1 Å². The molecule has 2 aliphatic heterocycles. The van der Waals surface area contributed by atoms with E-state index in [9.17, 15) is 22.4 Å². The summed E-state index contributed by atoms with van der Waals surface area (Å²) < 4.78 is 63.9. The molecular formula is C23H18F4N6O3.